The van der Waals surface area contributed by atoms with Gasteiger partial charge in [-0.25, -0.2) is 4.24 Å². The minimum Gasteiger partial charge on any atom is -0.207 e. The Morgan fingerprint density at radius 1 is 1.56 bits per heavy atom. The summed E-state index contributed by atoms with van der Waals surface area (Å²) in [5.41, 5.74) is 0.991. The van der Waals surface area contributed by atoms with Gasteiger partial charge in [0.2, 0.25) is 6.33 Å². The van der Waals surface area contributed by atoms with Crippen LogP contribution in [0.5, 0.6) is 0 Å². The van der Waals surface area contributed by atoms with Crippen LogP contribution in [-0.2, 0) is 0 Å². The second-order valence-corrected chi connectivity index (χ2v) is 1.87. The van der Waals surface area contributed by atoms with E-state index in [4.69, 9.17) is 0 Å². The maximum absolute atomic E-state index is 4.17. The first-order valence-corrected chi connectivity index (χ1v) is 2.83. The Labute approximate surface area is 52.0 Å². The summed E-state index contributed by atoms with van der Waals surface area (Å²) in [7, 11) is 0. The fourth-order valence-electron chi connectivity index (χ4n) is 0.863. The molecule has 0 N–H and O–H groups in total. The molecule has 0 saturated heterocycles. The third-order valence-corrected chi connectivity index (χ3v) is 1.30. The van der Waals surface area contributed by atoms with Crippen LogP contribution in [0, 0.1) is 6.21 Å². The lowest BCUT2D eigenvalue weighted by atomic mass is 10.6. The lowest BCUT2D eigenvalue weighted by molar-refractivity contribution is -0.526. The number of nitrogens with zero attached hydrogens (tertiary/aromatic N) is 3. The minimum atomic E-state index is 0.783. The third kappa shape index (κ3) is 0.614. The van der Waals surface area contributed by atoms with Crippen molar-refractivity contribution in [1.82, 2.24) is 4.98 Å². The van der Waals surface area contributed by atoms with Crippen molar-refractivity contribution in [1.29, 1.82) is 0 Å². The van der Waals surface area contributed by atoms with E-state index in [0.29, 0.717) is 0 Å². The lowest BCUT2D eigenvalue weighted by Gasteiger charge is -1.71. The summed E-state index contributed by atoms with van der Waals surface area (Å²) in [5, 5.41) is 0. The first-order valence-electron chi connectivity index (χ1n) is 2.83. The molecule has 44 valence electrons. The molecule has 2 heterocycles. The van der Waals surface area contributed by atoms with E-state index < -0.39 is 0 Å². The summed E-state index contributed by atoms with van der Waals surface area (Å²) < 4.78 is 1.92. The van der Waals surface area contributed by atoms with Crippen LogP contribution in [-0.4, -0.2) is 11.5 Å². The fourth-order valence-corrected chi connectivity index (χ4v) is 0.863. The molecule has 0 fully saturated rings. The van der Waals surface area contributed by atoms with E-state index >= 15 is 0 Å². The van der Waals surface area contributed by atoms with Crippen molar-refractivity contribution >= 4 is 0 Å². The van der Waals surface area contributed by atoms with Crippen molar-refractivity contribution in [2.24, 2.45) is 4.99 Å². The van der Waals surface area contributed by atoms with Crippen LogP contribution in [0.2, 0.25) is 0 Å². The molecule has 9 heavy (non-hydrogen) atoms. The SMILES string of the molecule is C1=[n+]2cnccc2=NC1. The second kappa shape index (κ2) is 1.62. The highest BCUT2D eigenvalue weighted by Crippen LogP contribution is 1.69. The molecule has 0 radical (unpaired) electrons. The van der Waals surface area contributed by atoms with E-state index in [2.05, 4.69) is 9.98 Å². The van der Waals surface area contributed by atoms with E-state index in [-0.39, 0.29) is 0 Å². The van der Waals surface area contributed by atoms with Gasteiger partial charge in [0.1, 0.15) is 12.7 Å². The first kappa shape index (κ1) is 4.61. The van der Waals surface area contributed by atoms with Gasteiger partial charge >= 0.3 is 0 Å². The molecule has 3 heteroatoms. The molecule has 0 aromatic carbocycles. The van der Waals surface area contributed by atoms with E-state index in [9.17, 15) is 0 Å². The number of hydrogen-bond acceptors (Lipinski definition) is 2. The van der Waals surface area contributed by atoms with Crippen molar-refractivity contribution in [2.75, 3.05) is 6.54 Å². The number of hydrogen-bond donors (Lipinski definition) is 0. The van der Waals surface area contributed by atoms with Crippen LogP contribution in [0.4, 0.5) is 0 Å². The standard InChI is InChI=1S/C6H6N3/c1-2-7-5-9-4-3-8-6(1)9/h1-2,4-5H,3H2/q+1. The van der Waals surface area contributed by atoms with E-state index in [1.165, 1.54) is 0 Å². The Kier molecular flexibility index (Phi) is 0.828. The molecule has 0 amide bonds. The van der Waals surface area contributed by atoms with Gasteiger partial charge in [-0.3, -0.25) is 0 Å². The molecule has 1 aromatic heterocycles. The molecule has 0 saturated carbocycles. The van der Waals surface area contributed by atoms with Gasteiger partial charge in [0.25, 0.3) is 5.49 Å². The van der Waals surface area contributed by atoms with E-state index in [1.807, 2.05) is 16.5 Å². The average molecular weight is 120 g/mol. The van der Waals surface area contributed by atoms with Gasteiger partial charge in [0, 0.05) is 6.07 Å². The van der Waals surface area contributed by atoms with Crippen molar-refractivity contribution in [3.05, 3.63) is 30.3 Å². The Hall–Kier alpha value is -1.25. The van der Waals surface area contributed by atoms with Crippen molar-refractivity contribution in [3.8, 4) is 0 Å². The van der Waals surface area contributed by atoms with Gasteiger partial charge in [-0.15, -0.1) is 9.98 Å². The van der Waals surface area contributed by atoms with Gasteiger partial charge in [-0.05, 0) is 0 Å². The van der Waals surface area contributed by atoms with Crippen molar-refractivity contribution < 1.29 is 4.24 Å². The van der Waals surface area contributed by atoms with Gasteiger partial charge < -0.3 is 0 Å². The second-order valence-electron chi connectivity index (χ2n) is 1.87. The molecule has 0 atom stereocenters. The van der Waals surface area contributed by atoms with Crippen LogP contribution in [0.25, 0.3) is 0 Å². The summed E-state index contributed by atoms with van der Waals surface area (Å²) in [6.45, 7) is 0.783. The molecular weight excluding hydrogens is 114 g/mol. The zero-order valence-corrected chi connectivity index (χ0v) is 4.86. The summed E-state index contributed by atoms with van der Waals surface area (Å²) in [4.78, 5) is 8.09. The Morgan fingerprint density at radius 2 is 2.56 bits per heavy atom. The topological polar surface area (TPSA) is 31.2 Å². The third-order valence-electron chi connectivity index (χ3n) is 1.30. The predicted octanol–water partition coefficient (Wildman–Crippen LogP) is -0.988. The van der Waals surface area contributed by atoms with Crippen LogP contribution >= 0.6 is 0 Å². The predicted molar refractivity (Wildman–Crippen MR) is 30.2 cm³/mol. The molecule has 2 rings (SSSR count). The number of fused-ring (bicyclic) bond motifs is 1. The molecule has 0 spiro atoms. The largest absolute Gasteiger partial charge is 0.264 e. The molecule has 1 aliphatic heterocycles. The molecular formula is C6H6N3+. The molecule has 0 bridgehead atoms. The highest BCUT2D eigenvalue weighted by Gasteiger charge is 1.97. The quantitative estimate of drug-likeness (QED) is 0.404. The smallest absolute Gasteiger partial charge is 0.207 e. The maximum Gasteiger partial charge on any atom is 0.264 e. The van der Waals surface area contributed by atoms with Crippen LogP contribution in [0.15, 0.2) is 23.6 Å². The lowest BCUT2D eigenvalue weighted by Crippen LogP contribution is -2.33. The van der Waals surface area contributed by atoms with Crippen LogP contribution < -0.4 is 9.73 Å². The molecule has 3 nitrogen and oxygen atoms in total. The Morgan fingerprint density at radius 3 is 3.44 bits per heavy atom. The molecule has 0 aliphatic carbocycles. The van der Waals surface area contributed by atoms with E-state index in [0.717, 1.165) is 12.0 Å². The van der Waals surface area contributed by atoms with Gasteiger partial charge in [0.15, 0.2) is 0 Å². The Balaban J connectivity index is 2.97. The summed E-state index contributed by atoms with van der Waals surface area (Å²) in [5.74, 6) is 0. The number of aromatic nitrogens is 2. The highest BCUT2D eigenvalue weighted by molar-refractivity contribution is 4.74. The average Bonchev–Trinajstić information content (AvgIpc) is 2.33. The minimum absolute atomic E-state index is 0.783. The first-order chi connectivity index (χ1) is 4.47. The normalized spacial score (nSPS) is 13.8. The van der Waals surface area contributed by atoms with Gasteiger partial charge in [-0.2, -0.15) is 0 Å². The zero-order valence-electron chi connectivity index (χ0n) is 4.86. The maximum atomic E-state index is 4.17. The molecule has 1 aliphatic rings. The van der Waals surface area contributed by atoms with E-state index in [1.54, 1.807) is 12.5 Å². The summed E-state index contributed by atoms with van der Waals surface area (Å²) in [6.07, 6.45) is 5.49. The summed E-state index contributed by atoms with van der Waals surface area (Å²) >= 11 is 0. The molecule has 0 unspecified atom stereocenters. The monoisotopic (exact) mass is 120 g/mol. The Bertz CT molecular complexity index is 295. The van der Waals surface area contributed by atoms with Crippen LogP contribution in [0.3, 0.4) is 0 Å². The van der Waals surface area contributed by atoms with Crippen molar-refractivity contribution in [3.63, 3.8) is 0 Å². The molecule has 1 aromatic rings. The van der Waals surface area contributed by atoms with Gasteiger partial charge in [-0.1, -0.05) is 0 Å². The zero-order chi connectivity index (χ0) is 6.10. The fraction of sp³-hybridized carbons (Fsp3) is 0.167. The number of rotatable bonds is 0. The summed E-state index contributed by atoms with van der Waals surface area (Å²) in [6, 6.07) is 1.89. The van der Waals surface area contributed by atoms with Gasteiger partial charge in [0.05, 0.1) is 6.21 Å². The van der Waals surface area contributed by atoms with Crippen molar-refractivity contribution in [2.45, 2.75) is 0 Å². The van der Waals surface area contributed by atoms with Crippen LogP contribution in [0.1, 0.15) is 0 Å². The highest BCUT2D eigenvalue weighted by atomic mass is 15.0.